The van der Waals surface area contributed by atoms with Crippen LogP contribution in [0.4, 0.5) is 0 Å². The van der Waals surface area contributed by atoms with E-state index in [0.717, 1.165) is 10.2 Å². The summed E-state index contributed by atoms with van der Waals surface area (Å²) in [6, 6.07) is 9.58. The predicted molar refractivity (Wildman–Crippen MR) is 88.3 cm³/mol. The van der Waals surface area contributed by atoms with Crippen molar-refractivity contribution in [1.29, 1.82) is 0 Å². The van der Waals surface area contributed by atoms with Crippen LogP contribution < -0.4 is 10.1 Å². The van der Waals surface area contributed by atoms with Gasteiger partial charge in [-0.2, -0.15) is 0 Å². The summed E-state index contributed by atoms with van der Waals surface area (Å²) in [6.45, 7) is 0.648. The van der Waals surface area contributed by atoms with Crippen LogP contribution in [0.25, 0.3) is 0 Å². The Morgan fingerprint density at radius 3 is 2.71 bits per heavy atom. The van der Waals surface area contributed by atoms with Gasteiger partial charge < -0.3 is 10.1 Å². The van der Waals surface area contributed by atoms with E-state index in [1.165, 1.54) is 12.8 Å². The first-order chi connectivity index (χ1) is 10.1. The number of ether oxygens (including phenoxy) is 1. The number of aromatic nitrogens is 1. The highest BCUT2D eigenvalue weighted by atomic mass is 79.9. The maximum Gasteiger partial charge on any atom is 0.219 e. The lowest BCUT2D eigenvalue weighted by Crippen LogP contribution is -2.16. The molecular formula is C15H13BrCl2N2O. The van der Waals surface area contributed by atoms with E-state index in [0.29, 0.717) is 34.3 Å². The number of nitrogens with one attached hydrogen (secondary N) is 1. The van der Waals surface area contributed by atoms with E-state index >= 15 is 0 Å². The van der Waals surface area contributed by atoms with Gasteiger partial charge in [0.05, 0.1) is 15.7 Å². The van der Waals surface area contributed by atoms with Gasteiger partial charge in [-0.1, -0.05) is 39.1 Å². The van der Waals surface area contributed by atoms with Gasteiger partial charge in [-0.3, -0.25) is 0 Å². The third kappa shape index (κ3) is 4.10. The third-order valence-electron chi connectivity index (χ3n) is 3.14. The first kappa shape index (κ1) is 15.1. The summed E-state index contributed by atoms with van der Waals surface area (Å²) in [4.78, 5) is 4.44. The molecule has 0 saturated heterocycles. The summed E-state index contributed by atoms with van der Waals surface area (Å²) in [5.74, 6) is 1.05. The average molecular weight is 388 g/mol. The zero-order valence-electron chi connectivity index (χ0n) is 11.1. The van der Waals surface area contributed by atoms with Gasteiger partial charge in [0.15, 0.2) is 0 Å². The second kappa shape index (κ2) is 6.53. The molecule has 1 aromatic carbocycles. The molecule has 1 fully saturated rings. The number of halogens is 3. The quantitative estimate of drug-likeness (QED) is 0.765. The molecule has 0 unspecified atom stereocenters. The first-order valence-corrected chi connectivity index (χ1v) is 8.18. The average Bonchev–Trinajstić information content (AvgIpc) is 3.26. The maximum absolute atomic E-state index is 6.16. The standard InChI is InChI=1S/C15H13BrCl2N2O/c16-9-1-5-14(12(18)7-9)21-15-6-4-11(17)13(20-15)8-19-10-2-3-10/h1,4-7,10,19H,2-3,8H2. The molecule has 21 heavy (non-hydrogen) atoms. The van der Waals surface area contributed by atoms with Crippen molar-refractivity contribution in [2.24, 2.45) is 0 Å². The Bertz CT molecular complexity index is 662. The molecular weight excluding hydrogens is 375 g/mol. The fraction of sp³-hybridized carbons (Fsp3) is 0.267. The molecule has 1 aromatic heterocycles. The highest BCUT2D eigenvalue weighted by Gasteiger charge is 2.20. The minimum Gasteiger partial charge on any atom is -0.437 e. The van der Waals surface area contributed by atoms with Crippen molar-refractivity contribution in [2.75, 3.05) is 0 Å². The molecule has 1 saturated carbocycles. The van der Waals surface area contributed by atoms with Crippen LogP contribution in [0.5, 0.6) is 11.6 Å². The van der Waals surface area contributed by atoms with Crippen LogP contribution >= 0.6 is 39.1 Å². The van der Waals surface area contributed by atoms with Crippen molar-refractivity contribution < 1.29 is 4.74 Å². The normalized spacial score (nSPS) is 14.2. The van der Waals surface area contributed by atoms with Crippen molar-refractivity contribution in [3.05, 3.63) is 50.5 Å². The highest BCUT2D eigenvalue weighted by molar-refractivity contribution is 9.10. The fourth-order valence-electron chi connectivity index (χ4n) is 1.84. The van der Waals surface area contributed by atoms with E-state index < -0.39 is 0 Å². The summed E-state index contributed by atoms with van der Waals surface area (Å²) in [5.41, 5.74) is 0.786. The molecule has 0 atom stereocenters. The van der Waals surface area contributed by atoms with Crippen molar-refractivity contribution in [2.45, 2.75) is 25.4 Å². The molecule has 0 aliphatic heterocycles. The van der Waals surface area contributed by atoms with Crippen LogP contribution in [0.3, 0.4) is 0 Å². The molecule has 0 bridgehead atoms. The number of pyridine rings is 1. The van der Waals surface area contributed by atoms with Gasteiger partial charge in [-0.25, -0.2) is 4.98 Å². The van der Waals surface area contributed by atoms with Crippen molar-refractivity contribution in [3.63, 3.8) is 0 Å². The molecule has 6 heteroatoms. The molecule has 1 aliphatic rings. The Hall–Kier alpha value is -0.810. The van der Waals surface area contributed by atoms with Crippen molar-refractivity contribution >= 4 is 39.1 Å². The van der Waals surface area contributed by atoms with E-state index in [9.17, 15) is 0 Å². The molecule has 3 rings (SSSR count). The van der Waals surface area contributed by atoms with E-state index in [1.807, 2.05) is 6.07 Å². The van der Waals surface area contributed by atoms with Crippen LogP contribution in [0.1, 0.15) is 18.5 Å². The first-order valence-electron chi connectivity index (χ1n) is 6.63. The Morgan fingerprint density at radius 1 is 1.19 bits per heavy atom. The number of benzene rings is 1. The summed E-state index contributed by atoms with van der Waals surface area (Å²) < 4.78 is 6.63. The molecule has 3 nitrogen and oxygen atoms in total. The van der Waals surface area contributed by atoms with E-state index in [2.05, 4.69) is 26.2 Å². The minimum atomic E-state index is 0.483. The number of hydrogen-bond acceptors (Lipinski definition) is 3. The van der Waals surface area contributed by atoms with Crippen molar-refractivity contribution in [1.82, 2.24) is 10.3 Å². The monoisotopic (exact) mass is 386 g/mol. The summed E-state index contributed by atoms with van der Waals surface area (Å²) in [5, 5.41) is 4.55. The van der Waals surface area contributed by atoms with E-state index in [4.69, 9.17) is 27.9 Å². The van der Waals surface area contributed by atoms with Gasteiger partial charge in [0.1, 0.15) is 5.75 Å². The Labute approximate surface area is 141 Å². The molecule has 0 radical (unpaired) electrons. The van der Waals surface area contributed by atoms with Crippen LogP contribution in [0.2, 0.25) is 10.0 Å². The summed E-state index contributed by atoms with van der Waals surface area (Å²) in [7, 11) is 0. The lowest BCUT2D eigenvalue weighted by Gasteiger charge is -2.10. The molecule has 2 aromatic rings. The summed E-state index contributed by atoms with van der Waals surface area (Å²) in [6.07, 6.45) is 2.45. The fourth-order valence-corrected chi connectivity index (χ4v) is 2.73. The number of nitrogens with zero attached hydrogens (tertiary/aromatic N) is 1. The van der Waals surface area contributed by atoms with Crippen LogP contribution in [0, 0.1) is 0 Å². The topological polar surface area (TPSA) is 34.1 Å². The molecule has 1 N–H and O–H groups in total. The second-order valence-corrected chi connectivity index (χ2v) is 6.64. The van der Waals surface area contributed by atoms with Gasteiger partial charge in [0, 0.05) is 23.1 Å². The molecule has 1 heterocycles. The zero-order chi connectivity index (χ0) is 14.8. The van der Waals surface area contributed by atoms with E-state index in [-0.39, 0.29) is 0 Å². The Morgan fingerprint density at radius 2 is 2.00 bits per heavy atom. The summed E-state index contributed by atoms with van der Waals surface area (Å²) >= 11 is 15.7. The molecule has 0 spiro atoms. The van der Waals surface area contributed by atoms with Gasteiger partial charge in [-0.15, -0.1) is 0 Å². The van der Waals surface area contributed by atoms with Crippen LogP contribution in [0.15, 0.2) is 34.8 Å². The Balaban J connectivity index is 1.76. The largest absolute Gasteiger partial charge is 0.437 e. The second-order valence-electron chi connectivity index (χ2n) is 4.91. The van der Waals surface area contributed by atoms with E-state index in [1.54, 1.807) is 24.3 Å². The SMILES string of the molecule is Clc1cc(Br)ccc1Oc1ccc(Cl)c(CNC2CC2)n1. The minimum absolute atomic E-state index is 0.483. The van der Waals surface area contributed by atoms with Crippen LogP contribution in [-0.2, 0) is 6.54 Å². The Kier molecular flexibility index (Phi) is 4.69. The van der Waals surface area contributed by atoms with Crippen molar-refractivity contribution in [3.8, 4) is 11.6 Å². The zero-order valence-corrected chi connectivity index (χ0v) is 14.2. The van der Waals surface area contributed by atoms with Gasteiger partial charge in [0.25, 0.3) is 0 Å². The lowest BCUT2D eigenvalue weighted by atomic mass is 10.3. The third-order valence-corrected chi connectivity index (χ3v) is 4.27. The predicted octanol–water partition coefficient (Wildman–Crippen LogP) is 5.20. The van der Waals surface area contributed by atoms with Gasteiger partial charge in [0.2, 0.25) is 5.88 Å². The van der Waals surface area contributed by atoms with Crippen LogP contribution in [-0.4, -0.2) is 11.0 Å². The van der Waals surface area contributed by atoms with Gasteiger partial charge in [-0.05, 0) is 37.1 Å². The molecule has 110 valence electrons. The highest BCUT2D eigenvalue weighted by Crippen LogP contribution is 2.31. The molecule has 1 aliphatic carbocycles. The number of rotatable bonds is 5. The maximum atomic E-state index is 6.16. The number of hydrogen-bond donors (Lipinski definition) is 1. The lowest BCUT2D eigenvalue weighted by molar-refractivity contribution is 0.459. The molecule has 0 amide bonds. The van der Waals surface area contributed by atoms with Gasteiger partial charge >= 0.3 is 0 Å². The smallest absolute Gasteiger partial charge is 0.219 e.